The van der Waals surface area contributed by atoms with Crippen molar-refractivity contribution >= 4 is 62.3 Å². The molecule has 3 rings (SSSR count). The largest absolute Gasteiger partial charge is 0.352 e. The van der Waals surface area contributed by atoms with Crippen molar-refractivity contribution < 1.29 is 18.0 Å². The molecule has 1 fully saturated rings. The summed E-state index contributed by atoms with van der Waals surface area (Å²) in [5.41, 5.74) is 0.849. The fraction of sp³-hybridized carbons (Fsp3) is 0.440. The lowest BCUT2D eigenvalue weighted by molar-refractivity contribution is -0.140. The molecule has 0 unspecified atom stereocenters. The summed E-state index contributed by atoms with van der Waals surface area (Å²) in [5.74, 6) is -0.804. The Morgan fingerprint density at radius 2 is 1.69 bits per heavy atom. The van der Waals surface area contributed by atoms with Gasteiger partial charge in [0.05, 0.1) is 27.0 Å². The van der Waals surface area contributed by atoms with E-state index >= 15 is 0 Å². The molecule has 11 heteroatoms. The van der Waals surface area contributed by atoms with Crippen LogP contribution < -0.4 is 9.62 Å². The zero-order valence-corrected chi connectivity index (χ0v) is 23.3. The number of hydrogen-bond donors (Lipinski definition) is 1. The van der Waals surface area contributed by atoms with E-state index in [0.29, 0.717) is 22.0 Å². The summed E-state index contributed by atoms with van der Waals surface area (Å²) in [6.07, 6.45) is 5.26. The second kappa shape index (κ2) is 12.5. The molecular weight excluding hydrogens is 545 g/mol. The molecule has 2 aromatic rings. The van der Waals surface area contributed by atoms with Crippen LogP contribution in [0.15, 0.2) is 42.5 Å². The predicted molar refractivity (Wildman–Crippen MR) is 145 cm³/mol. The van der Waals surface area contributed by atoms with Crippen LogP contribution in [-0.4, -0.2) is 50.0 Å². The molecule has 2 amide bonds. The molecule has 0 saturated heterocycles. The van der Waals surface area contributed by atoms with E-state index < -0.39 is 28.5 Å². The summed E-state index contributed by atoms with van der Waals surface area (Å²) in [4.78, 5) is 28.4. The van der Waals surface area contributed by atoms with Crippen LogP contribution in [0.4, 0.5) is 5.69 Å². The molecule has 196 valence electrons. The first-order chi connectivity index (χ1) is 17.0. The summed E-state index contributed by atoms with van der Waals surface area (Å²) >= 11 is 18.5. The molecule has 1 N–H and O–H groups in total. The van der Waals surface area contributed by atoms with Crippen LogP contribution in [0, 0.1) is 0 Å². The van der Waals surface area contributed by atoms with Crippen molar-refractivity contribution in [3.63, 3.8) is 0 Å². The van der Waals surface area contributed by atoms with Crippen LogP contribution in [0.25, 0.3) is 0 Å². The summed E-state index contributed by atoms with van der Waals surface area (Å²) in [5, 5.41) is 3.94. The number of amides is 2. The quantitative estimate of drug-likeness (QED) is 0.418. The Balaban J connectivity index is 1.95. The van der Waals surface area contributed by atoms with Gasteiger partial charge in [0, 0.05) is 12.6 Å². The topological polar surface area (TPSA) is 86.8 Å². The van der Waals surface area contributed by atoms with Crippen LogP contribution >= 0.6 is 34.8 Å². The second-order valence-electron chi connectivity index (χ2n) is 8.91. The molecule has 36 heavy (non-hydrogen) atoms. The molecule has 1 aliphatic carbocycles. The minimum Gasteiger partial charge on any atom is -0.352 e. The molecule has 0 heterocycles. The fourth-order valence-electron chi connectivity index (χ4n) is 4.37. The highest BCUT2D eigenvalue weighted by Crippen LogP contribution is 2.28. The Hall–Kier alpha value is -2.00. The van der Waals surface area contributed by atoms with E-state index in [0.717, 1.165) is 36.2 Å². The number of sulfonamides is 1. The van der Waals surface area contributed by atoms with Gasteiger partial charge in [-0.3, -0.25) is 13.9 Å². The Morgan fingerprint density at radius 1 is 1.03 bits per heavy atom. The number of benzene rings is 2. The number of nitrogens with one attached hydrogen (secondary N) is 1. The van der Waals surface area contributed by atoms with Gasteiger partial charge in [-0.1, -0.05) is 72.8 Å². The van der Waals surface area contributed by atoms with Crippen LogP contribution in [0.1, 0.15) is 44.6 Å². The maximum Gasteiger partial charge on any atom is 0.244 e. The van der Waals surface area contributed by atoms with E-state index in [1.807, 2.05) is 6.92 Å². The first-order valence-corrected chi connectivity index (χ1v) is 14.8. The van der Waals surface area contributed by atoms with Crippen LogP contribution in [0.3, 0.4) is 0 Å². The molecule has 1 saturated carbocycles. The van der Waals surface area contributed by atoms with Crippen molar-refractivity contribution in [1.29, 1.82) is 0 Å². The molecular formula is C25H30Cl3N3O4S. The van der Waals surface area contributed by atoms with E-state index in [2.05, 4.69) is 5.32 Å². The van der Waals surface area contributed by atoms with Crippen molar-refractivity contribution in [1.82, 2.24) is 10.2 Å². The molecule has 7 nitrogen and oxygen atoms in total. The molecule has 2 aromatic carbocycles. The zero-order chi connectivity index (χ0) is 26.5. The third kappa shape index (κ3) is 7.28. The van der Waals surface area contributed by atoms with E-state index in [-0.39, 0.29) is 29.2 Å². The lowest BCUT2D eigenvalue weighted by Gasteiger charge is -2.33. The minimum absolute atomic E-state index is 0.0481. The van der Waals surface area contributed by atoms with Crippen molar-refractivity contribution in [2.75, 3.05) is 17.1 Å². The molecule has 0 aliphatic heterocycles. The normalized spacial score (nSPS) is 14.9. The number of halogens is 3. The number of carbonyl (C=O) groups is 2. The van der Waals surface area contributed by atoms with Crippen molar-refractivity contribution in [3.8, 4) is 0 Å². The monoisotopic (exact) mass is 573 g/mol. The highest BCUT2D eigenvalue weighted by atomic mass is 35.5. The summed E-state index contributed by atoms with van der Waals surface area (Å²) < 4.78 is 26.3. The van der Waals surface area contributed by atoms with Crippen molar-refractivity contribution in [3.05, 3.63) is 63.1 Å². The summed E-state index contributed by atoms with van der Waals surface area (Å²) in [6, 6.07) is 10.6. The first-order valence-electron chi connectivity index (χ1n) is 11.8. The van der Waals surface area contributed by atoms with Gasteiger partial charge in [0.15, 0.2) is 0 Å². The first kappa shape index (κ1) is 28.6. The average molecular weight is 575 g/mol. The zero-order valence-electron chi connectivity index (χ0n) is 20.2. The predicted octanol–water partition coefficient (Wildman–Crippen LogP) is 5.28. The number of para-hydroxylation sites is 1. The van der Waals surface area contributed by atoms with E-state index in [9.17, 15) is 18.0 Å². The average Bonchev–Trinajstić information content (AvgIpc) is 3.32. The Kier molecular flexibility index (Phi) is 9.92. The van der Waals surface area contributed by atoms with Crippen molar-refractivity contribution in [2.45, 2.75) is 57.7 Å². The third-order valence-corrected chi connectivity index (χ3v) is 8.41. The summed E-state index contributed by atoms with van der Waals surface area (Å²) in [7, 11) is -3.86. The lowest BCUT2D eigenvalue weighted by atomic mass is 10.1. The number of nitrogens with zero attached hydrogens (tertiary/aromatic N) is 2. The molecule has 0 radical (unpaired) electrons. The van der Waals surface area contributed by atoms with E-state index in [4.69, 9.17) is 34.8 Å². The second-order valence-corrected chi connectivity index (χ2v) is 12.0. The SMILES string of the molecule is CC[C@@H](C(=O)NC1CCCC1)N(Cc1ccc(Cl)c(Cl)c1)C(=O)CN(c1ccccc1Cl)S(C)(=O)=O. The van der Waals surface area contributed by atoms with Crippen LogP contribution in [0.5, 0.6) is 0 Å². The van der Waals surface area contributed by atoms with E-state index in [1.165, 1.54) is 11.0 Å². The standard InChI is InChI=1S/C25H30Cl3N3O4S/c1-3-22(25(33)29-18-8-4-5-9-18)30(15-17-12-13-19(26)21(28)14-17)24(32)16-31(36(2,34)35)23-11-7-6-10-20(23)27/h6-7,10-14,18,22H,3-5,8-9,15-16H2,1-2H3,(H,29,33)/t22-/m0/s1. The highest BCUT2D eigenvalue weighted by Gasteiger charge is 2.33. The van der Waals surface area contributed by atoms with Gasteiger partial charge in [-0.25, -0.2) is 8.42 Å². The molecule has 0 bridgehead atoms. The van der Waals surface area contributed by atoms with Gasteiger partial charge in [-0.15, -0.1) is 0 Å². The van der Waals surface area contributed by atoms with Crippen LogP contribution in [-0.2, 0) is 26.2 Å². The van der Waals surface area contributed by atoms with Crippen molar-refractivity contribution in [2.24, 2.45) is 0 Å². The van der Waals surface area contributed by atoms with Gasteiger partial charge in [0.2, 0.25) is 21.8 Å². The number of carbonyl (C=O) groups excluding carboxylic acids is 2. The van der Waals surface area contributed by atoms with Crippen LogP contribution in [0.2, 0.25) is 15.1 Å². The molecule has 0 spiro atoms. The van der Waals surface area contributed by atoms with Gasteiger partial charge >= 0.3 is 0 Å². The fourth-order valence-corrected chi connectivity index (χ4v) is 5.84. The Bertz CT molecular complexity index is 1200. The van der Waals surface area contributed by atoms with Gasteiger partial charge in [-0.2, -0.15) is 0 Å². The van der Waals surface area contributed by atoms with Gasteiger partial charge in [0.25, 0.3) is 0 Å². The maximum atomic E-state index is 13.7. The van der Waals surface area contributed by atoms with Gasteiger partial charge in [-0.05, 0) is 49.1 Å². The number of rotatable bonds is 10. The smallest absolute Gasteiger partial charge is 0.244 e. The number of hydrogen-bond acceptors (Lipinski definition) is 4. The van der Waals surface area contributed by atoms with E-state index in [1.54, 1.807) is 36.4 Å². The summed E-state index contributed by atoms with van der Waals surface area (Å²) in [6.45, 7) is 1.35. The van der Waals surface area contributed by atoms with Gasteiger partial charge < -0.3 is 10.2 Å². The lowest BCUT2D eigenvalue weighted by Crippen LogP contribution is -2.53. The molecule has 1 aliphatic rings. The maximum absolute atomic E-state index is 13.7. The number of anilines is 1. The molecule has 0 aromatic heterocycles. The third-order valence-electron chi connectivity index (χ3n) is 6.22. The van der Waals surface area contributed by atoms with Gasteiger partial charge in [0.1, 0.15) is 12.6 Å². The Morgan fingerprint density at radius 3 is 2.28 bits per heavy atom. The Labute approximate surface area is 227 Å². The molecule has 1 atom stereocenters. The highest BCUT2D eigenvalue weighted by molar-refractivity contribution is 7.92. The minimum atomic E-state index is -3.86.